The van der Waals surface area contributed by atoms with Crippen LogP contribution < -0.4 is 9.75 Å². The molecule has 0 aliphatic heterocycles. The summed E-state index contributed by atoms with van der Waals surface area (Å²) in [6.45, 7) is 5.90. The van der Waals surface area contributed by atoms with E-state index in [1.807, 2.05) is 18.2 Å². The van der Waals surface area contributed by atoms with E-state index in [0.29, 0.717) is 55.5 Å². The van der Waals surface area contributed by atoms with Crippen molar-refractivity contribution >= 4 is 57.9 Å². The van der Waals surface area contributed by atoms with Gasteiger partial charge in [-0.3, -0.25) is 0 Å². The number of ether oxygens (including phenoxy) is 1. The van der Waals surface area contributed by atoms with Gasteiger partial charge in [0.25, 0.3) is 0 Å². The van der Waals surface area contributed by atoms with Crippen LogP contribution in [0, 0.1) is 0 Å². The molecule has 2 aromatic rings. The lowest BCUT2D eigenvalue weighted by atomic mass is 10.0. The zero-order chi connectivity index (χ0) is 25.5. The summed E-state index contributed by atoms with van der Waals surface area (Å²) in [7, 11) is 1.58. The molecule has 180 valence electrons. The number of carbonyl (C=O) groups is 1. The number of hydrazone groups is 1. The van der Waals surface area contributed by atoms with E-state index >= 15 is 0 Å². The van der Waals surface area contributed by atoms with Crippen LogP contribution >= 0.6 is 34.8 Å². The molecule has 0 spiro atoms. The number of allylic oxidation sites excluding steroid dienone is 6. The minimum absolute atomic E-state index is 0.0609. The number of halogens is 3. The molecule has 0 amide bonds. The third-order valence-corrected chi connectivity index (χ3v) is 6.02. The van der Waals surface area contributed by atoms with Gasteiger partial charge in [0, 0.05) is 17.0 Å². The maximum Gasteiger partial charge on any atom is 0.336 e. The van der Waals surface area contributed by atoms with Gasteiger partial charge in [-0.05, 0) is 61.0 Å². The van der Waals surface area contributed by atoms with Gasteiger partial charge >= 0.3 is 5.97 Å². The van der Waals surface area contributed by atoms with Crippen LogP contribution in [-0.2, 0) is 4.79 Å². The Morgan fingerprint density at radius 3 is 2.49 bits per heavy atom. The van der Waals surface area contributed by atoms with E-state index in [1.54, 1.807) is 67.6 Å². The van der Waals surface area contributed by atoms with E-state index < -0.39 is 5.97 Å². The van der Waals surface area contributed by atoms with Gasteiger partial charge in [-0.15, -0.1) is 0 Å². The van der Waals surface area contributed by atoms with Crippen molar-refractivity contribution in [1.29, 1.82) is 0 Å². The van der Waals surface area contributed by atoms with Gasteiger partial charge in [-0.1, -0.05) is 65.7 Å². The molecule has 35 heavy (non-hydrogen) atoms. The van der Waals surface area contributed by atoms with Crippen molar-refractivity contribution in [1.82, 2.24) is 0 Å². The Balaban J connectivity index is 2.08. The molecule has 0 bridgehead atoms. The number of hydrogen-bond donors (Lipinski definition) is 1. The van der Waals surface area contributed by atoms with Crippen LogP contribution in [0.5, 0.6) is 5.75 Å². The molecule has 5 nitrogen and oxygen atoms in total. The van der Waals surface area contributed by atoms with E-state index in [2.05, 4.69) is 11.7 Å². The fraction of sp³-hybridized carbons (Fsp3) is 0.111. The topological polar surface area (TPSA) is 62.1 Å². The van der Waals surface area contributed by atoms with Crippen molar-refractivity contribution < 1.29 is 14.6 Å². The molecule has 0 saturated carbocycles. The molecule has 0 radical (unpaired) electrons. The summed E-state index contributed by atoms with van der Waals surface area (Å²) >= 11 is 18.5. The Morgan fingerprint density at radius 2 is 1.86 bits per heavy atom. The van der Waals surface area contributed by atoms with Crippen LogP contribution in [-0.4, -0.2) is 23.9 Å². The Labute approximate surface area is 219 Å². The minimum Gasteiger partial charge on any atom is -0.497 e. The molecule has 1 aliphatic carbocycles. The largest absolute Gasteiger partial charge is 0.497 e. The lowest BCUT2D eigenvalue weighted by Crippen LogP contribution is -2.16. The fourth-order valence-electron chi connectivity index (χ4n) is 3.25. The highest BCUT2D eigenvalue weighted by Gasteiger charge is 2.16. The lowest BCUT2D eigenvalue weighted by Gasteiger charge is -2.23. The van der Waals surface area contributed by atoms with Gasteiger partial charge in [0.2, 0.25) is 0 Å². The highest BCUT2D eigenvalue weighted by molar-refractivity contribution is 6.42. The quantitative estimate of drug-likeness (QED) is 0.215. The summed E-state index contributed by atoms with van der Waals surface area (Å²) in [5, 5.41) is 17.5. The van der Waals surface area contributed by atoms with Crippen molar-refractivity contribution in [2.45, 2.75) is 13.3 Å². The smallest absolute Gasteiger partial charge is 0.336 e. The number of carboxylic acids is 1. The van der Waals surface area contributed by atoms with E-state index in [4.69, 9.17) is 39.5 Å². The number of carboxylic acid groups (broad SMARTS) is 1. The van der Waals surface area contributed by atoms with Crippen LogP contribution in [0.1, 0.15) is 18.9 Å². The first-order chi connectivity index (χ1) is 16.7. The van der Waals surface area contributed by atoms with Gasteiger partial charge in [-0.25, -0.2) is 9.80 Å². The third-order valence-electron chi connectivity index (χ3n) is 5.01. The maximum atomic E-state index is 12.1. The average Bonchev–Trinajstić information content (AvgIpc) is 3.06. The normalized spacial score (nSPS) is 14.1. The maximum absolute atomic E-state index is 12.1. The molecule has 0 aromatic heterocycles. The van der Waals surface area contributed by atoms with Crippen LogP contribution in [0.2, 0.25) is 10.0 Å². The Morgan fingerprint density at radius 1 is 1.14 bits per heavy atom. The second-order valence-corrected chi connectivity index (χ2v) is 8.84. The molecule has 1 aliphatic rings. The van der Waals surface area contributed by atoms with Crippen LogP contribution in [0.25, 0.3) is 5.70 Å². The predicted octanol–water partition coefficient (Wildman–Crippen LogP) is 7.88. The first-order valence-electron chi connectivity index (χ1n) is 10.5. The minimum atomic E-state index is -1.10. The molecule has 0 atom stereocenters. The predicted molar refractivity (Wildman–Crippen MR) is 146 cm³/mol. The molecular formula is C27H23Cl3N2O3. The molecular weight excluding hydrogens is 507 g/mol. The van der Waals surface area contributed by atoms with Gasteiger partial charge in [0.1, 0.15) is 5.75 Å². The fourth-order valence-corrected chi connectivity index (χ4v) is 3.76. The highest BCUT2D eigenvalue weighted by atomic mass is 35.5. The standard InChI is InChI=1S/C27H23Cl3N2O3/c1-17(14-24(27(33)34)20-6-4-5-7-21(28)15-20)31-32(22-9-11-23(35-3)12-10-22)18(2)19-8-13-25(29)26(30)16-19/h4-6,8-16H,2,7H2,1,3H3,(H,33,34)/b24-14-,31-17+. The Bertz CT molecular complexity index is 1290. The highest BCUT2D eigenvalue weighted by Crippen LogP contribution is 2.31. The van der Waals surface area contributed by atoms with E-state index in [1.165, 1.54) is 6.08 Å². The molecule has 0 saturated heterocycles. The summed E-state index contributed by atoms with van der Waals surface area (Å²) in [4.78, 5) is 12.1. The van der Waals surface area contributed by atoms with Crippen molar-refractivity contribution in [2.75, 3.05) is 12.1 Å². The van der Waals surface area contributed by atoms with E-state index in [0.717, 1.165) is 0 Å². The zero-order valence-electron chi connectivity index (χ0n) is 19.1. The molecule has 1 N–H and O–H groups in total. The van der Waals surface area contributed by atoms with Crippen molar-refractivity contribution in [3.63, 3.8) is 0 Å². The second-order valence-electron chi connectivity index (χ2n) is 7.54. The lowest BCUT2D eigenvalue weighted by molar-refractivity contribution is -0.132. The zero-order valence-corrected chi connectivity index (χ0v) is 21.4. The average molecular weight is 530 g/mol. The van der Waals surface area contributed by atoms with Crippen LogP contribution in [0.4, 0.5) is 5.69 Å². The summed E-state index contributed by atoms with van der Waals surface area (Å²) < 4.78 is 5.26. The molecule has 0 heterocycles. The van der Waals surface area contributed by atoms with Crippen molar-refractivity contribution in [3.8, 4) is 5.75 Å². The Kier molecular flexibility index (Phi) is 8.99. The first-order valence-corrected chi connectivity index (χ1v) is 11.6. The Hall–Kier alpha value is -3.25. The summed E-state index contributed by atoms with van der Waals surface area (Å²) in [6, 6.07) is 12.4. The van der Waals surface area contributed by atoms with Gasteiger partial charge in [0.15, 0.2) is 0 Å². The molecule has 0 fully saturated rings. The number of methoxy groups -OCH3 is 1. The number of hydrogen-bond acceptors (Lipinski definition) is 4. The van der Waals surface area contributed by atoms with Crippen LogP contribution in [0.3, 0.4) is 0 Å². The first kappa shape index (κ1) is 26.4. The van der Waals surface area contributed by atoms with E-state index in [9.17, 15) is 9.90 Å². The molecule has 2 aromatic carbocycles. The number of rotatable bonds is 8. The summed E-state index contributed by atoms with van der Waals surface area (Å²) in [6.07, 6.45) is 9.02. The number of aliphatic carboxylic acids is 1. The molecule has 0 unspecified atom stereocenters. The number of nitrogens with zero attached hydrogens (tertiary/aromatic N) is 2. The van der Waals surface area contributed by atoms with Crippen LogP contribution in [0.15, 0.2) is 101 Å². The van der Waals surface area contributed by atoms with Crippen molar-refractivity contribution in [2.24, 2.45) is 5.10 Å². The van der Waals surface area contributed by atoms with Gasteiger partial charge in [0.05, 0.1) is 39.8 Å². The molecule has 3 rings (SSSR count). The SMILES string of the molecule is C=C(c1ccc(Cl)c(Cl)c1)N(/N=C(C)/C=C(\C(=O)O)C1=CC=CCC(Cl)=C1)c1ccc(OC)cc1. The monoisotopic (exact) mass is 528 g/mol. The van der Waals surface area contributed by atoms with Gasteiger partial charge in [-0.2, -0.15) is 5.10 Å². The molecule has 8 heteroatoms. The number of benzene rings is 2. The van der Waals surface area contributed by atoms with Crippen molar-refractivity contribution in [3.05, 3.63) is 111 Å². The summed E-state index contributed by atoms with van der Waals surface area (Å²) in [5.74, 6) is -0.416. The number of anilines is 1. The van der Waals surface area contributed by atoms with E-state index in [-0.39, 0.29) is 5.57 Å². The second kappa shape index (κ2) is 11.9. The summed E-state index contributed by atoms with van der Waals surface area (Å²) in [5.41, 5.74) is 2.86. The van der Waals surface area contributed by atoms with Gasteiger partial charge < -0.3 is 9.84 Å². The third kappa shape index (κ3) is 6.89.